The molecular formula is C18H17ClN2O4S. The molecule has 0 spiro atoms. The van der Waals surface area contributed by atoms with Gasteiger partial charge >= 0.3 is 5.97 Å². The molecule has 2 aromatic carbocycles. The third kappa shape index (κ3) is 5.44. The maximum atomic E-state index is 12.2. The number of amides is 1. The molecule has 0 atom stereocenters. The van der Waals surface area contributed by atoms with E-state index in [2.05, 4.69) is 10.6 Å². The molecule has 26 heavy (non-hydrogen) atoms. The summed E-state index contributed by atoms with van der Waals surface area (Å²) in [5.74, 6) is -0.932. The van der Waals surface area contributed by atoms with Crippen molar-refractivity contribution in [3.8, 4) is 5.75 Å². The van der Waals surface area contributed by atoms with Gasteiger partial charge in [-0.2, -0.15) is 0 Å². The first-order chi connectivity index (χ1) is 12.3. The molecule has 2 rings (SSSR count). The summed E-state index contributed by atoms with van der Waals surface area (Å²) in [4.78, 5) is 23.5. The van der Waals surface area contributed by atoms with E-state index in [1.807, 2.05) is 13.8 Å². The molecule has 0 aliphatic rings. The monoisotopic (exact) mass is 392 g/mol. The Kier molecular flexibility index (Phi) is 6.54. The van der Waals surface area contributed by atoms with Crippen LogP contribution >= 0.6 is 23.8 Å². The van der Waals surface area contributed by atoms with E-state index in [0.29, 0.717) is 11.3 Å². The van der Waals surface area contributed by atoms with E-state index in [1.165, 1.54) is 18.2 Å². The van der Waals surface area contributed by atoms with Gasteiger partial charge < -0.3 is 15.2 Å². The molecule has 1 amide bonds. The molecule has 0 fully saturated rings. The molecule has 2 aromatic rings. The van der Waals surface area contributed by atoms with Crippen molar-refractivity contribution in [3.05, 3.63) is 58.6 Å². The smallest absolute Gasteiger partial charge is 0.337 e. The first-order valence-corrected chi connectivity index (χ1v) is 8.47. The Morgan fingerprint density at radius 1 is 1.15 bits per heavy atom. The fourth-order valence-electron chi connectivity index (χ4n) is 2.09. The third-order valence-corrected chi connectivity index (χ3v) is 3.61. The molecule has 0 heterocycles. The van der Waals surface area contributed by atoms with Gasteiger partial charge in [0.2, 0.25) is 0 Å². The largest absolute Gasteiger partial charge is 0.491 e. The van der Waals surface area contributed by atoms with Crippen LogP contribution in [-0.2, 0) is 0 Å². The standard InChI is InChI=1S/C18H17ClN2O4S/c1-10(2)25-13-6-3-11(4-7-13)16(22)21-18(26)20-15-8-5-12(19)9-14(15)17(23)24/h3-10H,1-2H3,(H,23,24)(H2,20,21,22,26). The average Bonchev–Trinajstić information content (AvgIpc) is 2.56. The van der Waals surface area contributed by atoms with Crippen molar-refractivity contribution < 1.29 is 19.4 Å². The van der Waals surface area contributed by atoms with Gasteiger partial charge in [-0.05, 0) is 68.5 Å². The summed E-state index contributed by atoms with van der Waals surface area (Å²) in [6.07, 6.45) is 0.0364. The van der Waals surface area contributed by atoms with Gasteiger partial charge in [0.15, 0.2) is 5.11 Å². The highest BCUT2D eigenvalue weighted by Gasteiger charge is 2.14. The summed E-state index contributed by atoms with van der Waals surface area (Å²) < 4.78 is 5.52. The summed E-state index contributed by atoms with van der Waals surface area (Å²) in [5.41, 5.74) is 0.567. The Hall–Kier alpha value is -2.64. The van der Waals surface area contributed by atoms with Crippen LogP contribution in [0.15, 0.2) is 42.5 Å². The zero-order valence-electron chi connectivity index (χ0n) is 14.1. The number of thiocarbonyl (C=S) groups is 1. The van der Waals surface area contributed by atoms with Gasteiger partial charge in [0, 0.05) is 10.6 Å². The first kappa shape index (κ1) is 19.7. The van der Waals surface area contributed by atoms with Crippen molar-refractivity contribution in [1.29, 1.82) is 0 Å². The Morgan fingerprint density at radius 2 is 1.81 bits per heavy atom. The van der Waals surface area contributed by atoms with Gasteiger partial charge in [0.05, 0.1) is 17.4 Å². The number of carbonyl (C=O) groups is 2. The van der Waals surface area contributed by atoms with Gasteiger partial charge in [-0.15, -0.1) is 0 Å². The Bertz CT molecular complexity index is 838. The van der Waals surface area contributed by atoms with Crippen LogP contribution in [0.3, 0.4) is 0 Å². The highest BCUT2D eigenvalue weighted by atomic mass is 35.5. The van der Waals surface area contributed by atoms with Gasteiger partial charge in [0.1, 0.15) is 5.75 Å². The molecule has 0 aromatic heterocycles. The molecule has 0 radical (unpaired) electrons. The highest BCUT2D eigenvalue weighted by Crippen LogP contribution is 2.21. The number of halogens is 1. The first-order valence-electron chi connectivity index (χ1n) is 7.68. The number of carboxylic acids is 1. The minimum atomic E-state index is -1.16. The van der Waals surface area contributed by atoms with Crippen LogP contribution in [0.25, 0.3) is 0 Å². The number of hydrogen-bond donors (Lipinski definition) is 3. The topological polar surface area (TPSA) is 87.7 Å². The highest BCUT2D eigenvalue weighted by molar-refractivity contribution is 7.80. The van der Waals surface area contributed by atoms with Gasteiger partial charge in [-0.3, -0.25) is 10.1 Å². The van der Waals surface area contributed by atoms with E-state index < -0.39 is 11.9 Å². The predicted molar refractivity (Wildman–Crippen MR) is 104 cm³/mol. The number of nitrogens with one attached hydrogen (secondary N) is 2. The van der Waals surface area contributed by atoms with Crippen molar-refractivity contribution in [2.75, 3.05) is 5.32 Å². The summed E-state index contributed by atoms with van der Waals surface area (Å²) >= 11 is 10.9. The molecule has 0 bridgehead atoms. The molecular weight excluding hydrogens is 376 g/mol. The molecule has 0 saturated carbocycles. The Balaban J connectivity index is 2.04. The zero-order chi connectivity index (χ0) is 19.3. The Labute approximate surface area is 161 Å². The molecule has 0 aliphatic heterocycles. The summed E-state index contributed by atoms with van der Waals surface area (Å²) in [7, 11) is 0. The number of anilines is 1. The number of rotatable bonds is 5. The van der Waals surface area contributed by atoms with Crippen molar-refractivity contribution in [2.24, 2.45) is 0 Å². The second-order valence-electron chi connectivity index (χ2n) is 5.59. The molecule has 0 aliphatic carbocycles. The molecule has 6 nitrogen and oxygen atoms in total. The lowest BCUT2D eigenvalue weighted by Gasteiger charge is -2.13. The summed E-state index contributed by atoms with van der Waals surface area (Å²) in [6, 6.07) is 10.9. The van der Waals surface area contributed by atoms with Crippen molar-refractivity contribution in [1.82, 2.24) is 5.32 Å². The lowest BCUT2D eigenvalue weighted by atomic mass is 10.2. The van der Waals surface area contributed by atoms with Crippen LogP contribution in [0.2, 0.25) is 5.02 Å². The number of ether oxygens (including phenoxy) is 1. The van der Waals surface area contributed by atoms with E-state index in [0.717, 1.165) is 0 Å². The number of aromatic carboxylic acids is 1. The Morgan fingerprint density at radius 3 is 2.38 bits per heavy atom. The molecule has 8 heteroatoms. The van der Waals surface area contributed by atoms with Crippen LogP contribution in [0.5, 0.6) is 5.75 Å². The maximum absolute atomic E-state index is 12.2. The third-order valence-electron chi connectivity index (χ3n) is 3.18. The van der Waals surface area contributed by atoms with Crippen molar-refractivity contribution in [2.45, 2.75) is 20.0 Å². The van der Waals surface area contributed by atoms with E-state index in [9.17, 15) is 14.7 Å². The van der Waals surface area contributed by atoms with Gasteiger partial charge in [-0.25, -0.2) is 4.79 Å². The van der Waals surface area contributed by atoms with Crippen LogP contribution in [0.1, 0.15) is 34.6 Å². The molecule has 0 saturated heterocycles. The number of carbonyl (C=O) groups excluding carboxylic acids is 1. The van der Waals surface area contributed by atoms with Crippen LogP contribution < -0.4 is 15.4 Å². The van der Waals surface area contributed by atoms with E-state index in [4.69, 9.17) is 28.6 Å². The van der Waals surface area contributed by atoms with Crippen molar-refractivity contribution >= 4 is 46.5 Å². The molecule has 3 N–H and O–H groups in total. The number of benzene rings is 2. The quantitative estimate of drug-likeness (QED) is 0.668. The molecule has 136 valence electrons. The lowest BCUT2D eigenvalue weighted by Crippen LogP contribution is -2.34. The fraction of sp³-hybridized carbons (Fsp3) is 0.167. The van der Waals surface area contributed by atoms with Crippen LogP contribution in [-0.4, -0.2) is 28.2 Å². The number of carboxylic acid groups (broad SMARTS) is 1. The van der Waals surface area contributed by atoms with Crippen molar-refractivity contribution in [3.63, 3.8) is 0 Å². The lowest BCUT2D eigenvalue weighted by molar-refractivity contribution is 0.0697. The minimum absolute atomic E-state index is 0.0256. The second-order valence-corrected chi connectivity index (χ2v) is 6.44. The second kappa shape index (κ2) is 8.64. The SMILES string of the molecule is CC(C)Oc1ccc(C(=O)NC(=S)Nc2ccc(Cl)cc2C(=O)O)cc1. The maximum Gasteiger partial charge on any atom is 0.337 e. The van der Waals surface area contributed by atoms with E-state index >= 15 is 0 Å². The zero-order valence-corrected chi connectivity index (χ0v) is 15.6. The van der Waals surface area contributed by atoms with E-state index in [1.54, 1.807) is 24.3 Å². The van der Waals surface area contributed by atoms with Gasteiger partial charge in [-0.1, -0.05) is 11.6 Å². The van der Waals surface area contributed by atoms with Crippen LogP contribution in [0.4, 0.5) is 5.69 Å². The van der Waals surface area contributed by atoms with Gasteiger partial charge in [0.25, 0.3) is 5.91 Å². The molecule has 0 unspecified atom stereocenters. The average molecular weight is 393 g/mol. The van der Waals surface area contributed by atoms with Crippen LogP contribution in [0, 0.1) is 0 Å². The summed E-state index contributed by atoms with van der Waals surface area (Å²) in [6.45, 7) is 3.82. The normalized spacial score (nSPS) is 10.3. The number of hydrogen-bond acceptors (Lipinski definition) is 4. The predicted octanol–water partition coefficient (Wildman–Crippen LogP) is 3.95. The summed E-state index contributed by atoms with van der Waals surface area (Å²) in [5, 5.41) is 14.7. The minimum Gasteiger partial charge on any atom is -0.491 e. The van der Waals surface area contributed by atoms with E-state index in [-0.39, 0.29) is 27.5 Å². The fourth-order valence-corrected chi connectivity index (χ4v) is 2.46.